The van der Waals surface area contributed by atoms with Crippen LogP contribution < -0.4 is 10.8 Å². The van der Waals surface area contributed by atoms with Gasteiger partial charge in [0, 0.05) is 18.3 Å². The van der Waals surface area contributed by atoms with E-state index in [1.54, 1.807) is 41.1 Å². The van der Waals surface area contributed by atoms with Crippen LogP contribution in [0, 0.1) is 11.7 Å². The van der Waals surface area contributed by atoms with E-state index in [4.69, 9.17) is 5.21 Å². The monoisotopic (exact) mass is 438 g/mol. The van der Waals surface area contributed by atoms with Gasteiger partial charge >= 0.3 is 0 Å². The molecule has 9 heteroatoms. The third-order valence-electron chi connectivity index (χ3n) is 4.85. The number of thiophene rings is 1. The Labute approximate surface area is 181 Å². The predicted molar refractivity (Wildman–Crippen MR) is 117 cm³/mol. The fourth-order valence-electron chi connectivity index (χ4n) is 3.24. The lowest BCUT2D eigenvalue weighted by Crippen LogP contribution is -2.34. The maximum Gasteiger partial charge on any atom is 0.268 e. The molecule has 3 aromatic rings. The number of hydrogen-bond acceptors (Lipinski definition) is 5. The first-order valence-corrected chi connectivity index (χ1v) is 10.4. The van der Waals surface area contributed by atoms with Crippen LogP contribution in [0.15, 0.2) is 65.0 Å². The highest BCUT2D eigenvalue weighted by molar-refractivity contribution is 7.13. The van der Waals surface area contributed by atoms with Gasteiger partial charge in [-0.3, -0.25) is 19.8 Å². The van der Waals surface area contributed by atoms with E-state index >= 15 is 0 Å². The highest BCUT2D eigenvalue weighted by atomic mass is 32.1. The molecule has 0 aliphatic carbocycles. The maximum absolute atomic E-state index is 13.4. The van der Waals surface area contributed by atoms with Crippen molar-refractivity contribution in [1.82, 2.24) is 15.8 Å². The number of benzene rings is 1. The predicted octanol–water partition coefficient (Wildman–Crippen LogP) is 3.41. The van der Waals surface area contributed by atoms with Gasteiger partial charge in [0.15, 0.2) is 0 Å². The summed E-state index contributed by atoms with van der Waals surface area (Å²) >= 11 is 1.55. The fourth-order valence-corrected chi connectivity index (χ4v) is 3.94. The number of hydrogen-bond donors (Lipinski definition) is 4. The van der Waals surface area contributed by atoms with E-state index in [2.05, 4.69) is 15.3 Å². The van der Waals surface area contributed by atoms with E-state index in [1.807, 2.05) is 23.6 Å². The van der Waals surface area contributed by atoms with Crippen LogP contribution in [0.5, 0.6) is 0 Å². The largest absolute Gasteiger partial charge is 0.349 e. The second-order valence-corrected chi connectivity index (χ2v) is 7.87. The molecule has 2 atom stereocenters. The molecule has 2 unspecified atom stereocenters. The smallest absolute Gasteiger partial charge is 0.268 e. The maximum atomic E-state index is 13.4. The van der Waals surface area contributed by atoms with Gasteiger partial charge in [0.25, 0.3) is 11.8 Å². The van der Waals surface area contributed by atoms with Crippen LogP contribution in [0.4, 0.5) is 4.39 Å². The number of carbonyl (C=O) groups is 2. The molecule has 158 valence electrons. The standard InChI is InChI=1S/C22H19FN4O3S/c23-15-6-3-13(4-7-15)17-10-18(19-2-1-9-31-19)26-20(17)22(29)25-12-16-8-5-14(11-24-16)21(28)27-30/h1-11,14,16,26,30H,12H2,(H,25,29)(H,27,28). The zero-order valence-corrected chi connectivity index (χ0v) is 17.0. The first kappa shape index (κ1) is 20.7. The molecule has 7 nitrogen and oxygen atoms in total. The van der Waals surface area contributed by atoms with Gasteiger partial charge < -0.3 is 10.3 Å². The topological polar surface area (TPSA) is 107 Å². The molecule has 0 radical (unpaired) electrons. The molecule has 0 saturated carbocycles. The molecule has 2 amide bonds. The number of aromatic nitrogens is 1. The number of aromatic amines is 1. The van der Waals surface area contributed by atoms with Gasteiger partial charge in [0.1, 0.15) is 11.5 Å². The van der Waals surface area contributed by atoms with Crippen molar-refractivity contribution in [2.24, 2.45) is 10.9 Å². The second kappa shape index (κ2) is 9.07. The highest BCUT2D eigenvalue weighted by Crippen LogP contribution is 2.32. The highest BCUT2D eigenvalue weighted by Gasteiger charge is 2.21. The van der Waals surface area contributed by atoms with Gasteiger partial charge in [-0.2, -0.15) is 0 Å². The first-order valence-electron chi connectivity index (χ1n) is 9.51. The van der Waals surface area contributed by atoms with Gasteiger partial charge in [-0.05, 0) is 35.2 Å². The van der Waals surface area contributed by atoms with Crippen LogP contribution in [0.1, 0.15) is 10.5 Å². The summed E-state index contributed by atoms with van der Waals surface area (Å²) in [6.45, 7) is 0.232. The Hall–Kier alpha value is -3.56. The number of rotatable bonds is 6. The van der Waals surface area contributed by atoms with Crippen molar-refractivity contribution in [2.75, 3.05) is 6.54 Å². The number of H-pyrrole nitrogens is 1. The van der Waals surface area contributed by atoms with Crippen LogP contribution in [-0.4, -0.2) is 40.8 Å². The minimum absolute atomic E-state index is 0.232. The molecule has 0 fully saturated rings. The Balaban J connectivity index is 1.53. The summed E-state index contributed by atoms with van der Waals surface area (Å²) in [6.07, 6.45) is 4.74. The van der Waals surface area contributed by atoms with E-state index in [0.29, 0.717) is 11.3 Å². The van der Waals surface area contributed by atoms with Crippen LogP contribution in [0.3, 0.4) is 0 Å². The van der Waals surface area contributed by atoms with E-state index in [0.717, 1.165) is 16.1 Å². The summed E-state index contributed by atoms with van der Waals surface area (Å²) in [5, 5.41) is 13.5. The zero-order valence-electron chi connectivity index (χ0n) is 16.2. The average molecular weight is 438 g/mol. The Bertz CT molecular complexity index is 1120. The summed E-state index contributed by atoms with van der Waals surface area (Å²) < 4.78 is 13.4. The van der Waals surface area contributed by atoms with Crippen LogP contribution in [-0.2, 0) is 4.79 Å². The Kier molecular flexibility index (Phi) is 6.06. The lowest BCUT2D eigenvalue weighted by Gasteiger charge is -2.15. The molecule has 1 aliphatic rings. The number of halogens is 1. The number of carbonyl (C=O) groups excluding carboxylic acids is 2. The molecule has 0 saturated heterocycles. The molecule has 0 bridgehead atoms. The summed E-state index contributed by atoms with van der Waals surface area (Å²) in [5.41, 5.74) is 4.14. The Morgan fingerprint density at radius 1 is 1.19 bits per heavy atom. The molecule has 0 spiro atoms. The molecule has 2 aromatic heterocycles. The van der Waals surface area contributed by atoms with Gasteiger partial charge in [0.05, 0.1) is 22.5 Å². The van der Waals surface area contributed by atoms with Crippen molar-refractivity contribution in [3.63, 3.8) is 0 Å². The van der Waals surface area contributed by atoms with E-state index < -0.39 is 11.8 Å². The lowest BCUT2D eigenvalue weighted by atomic mass is 10.0. The van der Waals surface area contributed by atoms with Gasteiger partial charge in [-0.1, -0.05) is 30.4 Å². The summed E-state index contributed by atoms with van der Waals surface area (Å²) in [5.74, 6) is -1.88. The average Bonchev–Trinajstić information content (AvgIpc) is 3.48. The minimum atomic E-state index is -0.640. The normalized spacial score (nSPS) is 17.5. The number of amides is 2. The molecular weight excluding hydrogens is 419 g/mol. The zero-order chi connectivity index (χ0) is 21.8. The number of hydroxylamine groups is 1. The van der Waals surface area contributed by atoms with Crippen molar-refractivity contribution in [1.29, 1.82) is 0 Å². The minimum Gasteiger partial charge on any atom is -0.349 e. The molecule has 31 heavy (non-hydrogen) atoms. The second-order valence-electron chi connectivity index (χ2n) is 6.92. The molecule has 4 N–H and O–H groups in total. The third-order valence-corrected chi connectivity index (χ3v) is 5.75. The van der Waals surface area contributed by atoms with Gasteiger partial charge in [-0.15, -0.1) is 11.3 Å². The van der Waals surface area contributed by atoms with Crippen molar-refractivity contribution >= 4 is 29.4 Å². The third kappa shape index (κ3) is 4.62. The number of nitrogens with zero attached hydrogens (tertiary/aromatic N) is 1. The summed E-state index contributed by atoms with van der Waals surface area (Å²) in [6, 6.07) is 11.4. The quantitative estimate of drug-likeness (QED) is 0.269. The Morgan fingerprint density at radius 2 is 2.00 bits per heavy atom. The number of dihydropyridines is 1. The number of nitrogens with one attached hydrogen (secondary N) is 3. The lowest BCUT2D eigenvalue weighted by molar-refractivity contribution is -0.130. The first-order chi connectivity index (χ1) is 15.0. The van der Waals surface area contributed by atoms with Crippen molar-refractivity contribution in [3.05, 3.63) is 71.5 Å². The van der Waals surface area contributed by atoms with Crippen molar-refractivity contribution in [3.8, 4) is 21.7 Å². The van der Waals surface area contributed by atoms with Gasteiger partial charge in [-0.25, -0.2) is 9.87 Å². The number of aliphatic imine (C=N–C) groups is 1. The van der Waals surface area contributed by atoms with Gasteiger partial charge in [0.2, 0.25) is 0 Å². The Morgan fingerprint density at radius 3 is 2.65 bits per heavy atom. The molecule has 3 heterocycles. The molecular formula is C22H19FN4O3S. The van der Waals surface area contributed by atoms with E-state index in [9.17, 15) is 14.0 Å². The molecule has 1 aliphatic heterocycles. The van der Waals surface area contributed by atoms with Crippen LogP contribution >= 0.6 is 11.3 Å². The fraction of sp³-hybridized carbons (Fsp3) is 0.136. The molecule has 4 rings (SSSR count). The molecule has 1 aromatic carbocycles. The van der Waals surface area contributed by atoms with Crippen LogP contribution in [0.25, 0.3) is 21.7 Å². The van der Waals surface area contributed by atoms with Crippen molar-refractivity contribution < 1.29 is 19.2 Å². The van der Waals surface area contributed by atoms with E-state index in [-0.39, 0.29) is 24.3 Å². The SMILES string of the molecule is O=C(NCC1C=CC(C(=O)NO)C=N1)c1[nH]c(-c2cccs2)cc1-c1ccc(F)cc1. The summed E-state index contributed by atoms with van der Waals surface area (Å²) in [7, 11) is 0. The summed E-state index contributed by atoms with van der Waals surface area (Å²) in [4.78, 5) is 32.8. The van der Waals surface area contributed by atoms with Crippen molar-refractivity contribution in [2.45, 2.75) is 6.04 Å². The van der Waals surface area contributed by atoms with Crippen LogP contribution in [0.2, 0.25) is 0 Å². The van der Waals surface area contributed by atoms with E-state index in [1.165, 1.54) is 18.3 Å².